The molecule has 1 N–H and O–H groups in total. The zero-order valence-corrected chi connectivity index (χ0v) is 23.2. The summed E-state index contributed by atoms with van der Waals surface area (Å²) in [4.78, 5) is 24.8. The molecule has 0 bridgehead atoms. The minimum Gasteiger partial charge on any atom is -0.489 e. The molecule has 39 heavy (non-hydrogen) atoms. The van der Waals surface area contributed by atoms with Gasteiger partial charge in [0.15, 0.2) is 0 Å². The first-order valence-electron chi connectivity index (χ1n) is 13.4. The van der Waals surface area contributed by atoms with Gasteiger partial charge in [-0.2, -0.15) is 5.10 Å². The van der Waals surface area contributed by atoms with Crippen LogP contribution in [0.25, 0.3) is 0 Å². The highest BCUT2D eigenvalue weighted by Gasteiger charge is 2.16. The van der Waals surface area contributed by atoms with E-state index in [4.69, 9.17) is 21.4 Å². The number of aromatic nitrogens is 3. The number of benzene rings is 3. The molecule has 4 aromatic rings. The predicted octanol–water partition coefficient (Wildman–Crippen LogP) is 6.37. The third kappa shape index (κ3) is 6.98. The minimum atomic E-state index is -1.07. The number of hydrogen-bond donors (Lipinski definition) is 1. The maximum Gasteiger partial charge on any atom is 0.346 e. The molecule has 0 spiro atoms. The van der Waals surface area contributed by atoms with Crippen LogP contribution in [-0.4, -0.2) is 25.4 Å². The minimum absolute atomic E-state index is 0.0547. The quantitative estimate of drug-likeness (QED) is 0.210. The molecule has 204 valence electrons. The summed E-state index contributed by atoms with van der Waals surface area (Å²) in [6, 6.07) is 20.8. The van der Waals surface area contributed by atoms with Crippen LogP contribution in [0.4, 0.5) is 0 Å². The summed E-state index contributed by atoms with van der Waals surface area (Å²) in [6.45, 7) is 5.25. The van der Waals surface area contributed by atoms with Gasteiger partial charge in [0.2, 0.25) is 0 Å². The monoisotopic (exact) mass is 547 g/mol. The number of unbranched alkanes of at least 4 members (excludes halogenated alkanes) is 1. The molecule has 0 amide bonds. The van der Waals surface area contributed by atoms with E-state index in [1.165, 1.54) is 6.07 Å². The molecule has 0 aliphatic heterocycles. The van der Waals surface area contributed by atoms with E-state index in [0.717, 1.165) is 60.4 Å². The van der Waals surface area contributed by atoms with Crippen LogP contribution in [0.3, 0.4) is 0 Å². The lowest BCUT2D eigenvalue weighted by molar-refractivity contribution is 0.0697. The molecular formula is C31H34ClN3O4. The van der Waals surface area contributed by atoms with Crippen molar-refractivity contribution >= 4 is 17.6 Å². The number of ether oxygens (including phenoxy) is 1. The molecule has 8 heteroatoms. The largest absolute Gasteiger partial charge is 0.489 e. The highest BCUT2D eigenvalue weighted by Crippen LogP contribution is 2.27. The lowest BCUT2D eigenvalue weighted by Gasteiger charge is -2.15. The third-order valence-corrected chi connectivity index (χ3v) is 7.05. The predicted molar refractivity (Wildman–Crippen MR) is 153 cm³/mol. The SMILES string of the molecule is CCCCc1nn(Cc2ccccc2)c(=O)n1Cc1ccc(OCc2cccc(C(=O)O)c2Cl)c(CCC)c1. The molecule has 0 aliphatic rings. The first-order valence-corrected chi connectivity index (χ1v) is 13.7. The number of rotatable bonds is 13. The number of carboxylic acids is 1. The topological polar surface area (TPSA) is 86.4 Å². The zero-order chi connectivity index (χ0) is 27.8. The number of aryl methyl sites for hydroxylation is 2. The second kappa shape index (κ2) is 13.3. The van der Waals surface area contributed by atoms with Gasteiger partial charge in [-0.05, 0) is 41.7 Å². The van der Waals surface area contributed by atoms with Gasteiger partial charge in [-0.25, -0.2) is 14.3 Å². The second-order valence-corrected chi connectivity index (χ2v) is 9.97. The average Bonchev–Trinajstić information content (AvgIpc) is 3.21. The van der Waals surface area contributed by atoms with E-state index in [1.54, 1.807) is 21.4 Å². The summed E-state index contributed by atoms with van der Waals surface area (Å²) in [5, 5.41) is 14.2. The summed E-state index contributed by atoms with van der Waals surface area (Å²) in [7, 11) is 0. The zero-order valence-electron chi connectivity index (χ0n) is 22.4. The molecule has 0 atom stereocenters. The number of carboxylic acid groups (broad SMARTS) is 1. The van der Waals surface area contributed by atoms with Crippen LogP contribution in [0.2, 0.25) is 5.02 Å². The van der Waals surface area contributed by atoms with Gasteiger partial charge in [-0.3, -0.25) is 4.57 Å². The van der Waals surface area contributed by atoms with Crippen molar-refractivity contribution in [2.75, 3.05) is 0 Å². The molecule has 4 rings (SSSR count). The van der Waals surface area contributed by atoms with E-state index in [9.17, 15) is 14.7 Å². The van der Waals surface area contributed by atoms with Gasteiger partial charge in [-0.1, -0.05) is 92.9 Å². The van der Waals surface area contributed by atoms with Gasteiger partial charge >= 0.3 is 11.7 Å². The van der Waals surface area contributed by atoms with E-state index < -0.39 is 5.97 Å². The number of halogens is 1. The maximum atomic E-state index is 13.4. The van der Waals surface area contributed by atoms with Crippen molar-refractivity contribution in [3.63, 3.8) is 0 Å². The second-order valence-electron chi connectivity index (χ2n) is 9.60. The van der Waals surface area contributed by atoms with Gasteiger partial charge in [0.1, 0.15) is 18.2 Å². The Labute approximate surface area is 233 Å². The van der Waals surface area contributed by atoms with Crippen LogP contribution in [0, 0.1) is 0 Å². The van der Waals surface area contributed by atoms with Crippen molar-refractivity contribution in [2.24, 2.45) is 0 Å². The Morgan fingerprint density at radius 3 is 2.44 bits per heavy atom. The summed E-state index contributed by atoms with van der Waals surface area (Å²) < 4.78 is 9.44. The molecule has 0 saturated heterocycles. The van der Waals surface area contributed by atoms with E-state index in [0.29, 0.717) is 18.7 Å². The Bertz CT molecular complexity index is 1480. The Morgan fingerprint density at radius 2 is 1.72 bits per heavy atom. The molecular weight excluding hydrogens is 514 g/mol. The van der Waals surface area contributed by atoms with Crippen LogP contribution in [0.15, 0.2) is 71.5 Å². The van der Waals surface area contributed by atoms with Crippen molar-refractivity contribution in [1.82, 2.24) is 14.3 Å². The van der Waals surface area contributed by atoms with Crippen LogP contribution < -0.4 is 10.4 Å². The molecule has 0 radical (unpaired) electrons. The Morgan fingerprint density at radius 1 is 0.923 bits per heavy atom. The van der Waals surface area contributed by atoms with Crippen LogP contribution in [-0.2, 0) is 32.5 Å². The van der Waals surface area contributed by atoms with Crippen LogP contribution >= 0.6 is 11.6 Å². The smallest absolute Gasteiger partial charge is 0.346 e. The number of nitrogens with zero attached hydrogens (tertiary/aromatic N) is 3. The van der Waals surface area contributed by atoms with Gasteiger partial charge in [0, 0.05) is 12.0 Å². The van der Waals surface area contributed by atoms with Crippen LogP contribution in [0.1, 0.15) is 71.5 Å². The maximum absolute atomic E-state index is 13.4. The normalized spacial score (nSPS) is 11.1. The summed E-state index contributed by atoms with van der Waals surface area (Å²) in [5.74, 6) is 0.442. The highest BCUT2D eigenvalue weighted by atomic mass is 35.5. The number of aromatic carboxylic acids is 1. The van der Waals surface area contributed by atoms with Crippen molar-refractivity contribution in [1.29, 1.82) is 0 Å². The average molecular weight is 548 g/mol. The van der Waals surface area contributed by atoms with Gasteiger partial charge in [0.25, 0.3) is 0 Å². The Balaban J connectivity index is 1.58. The van der Waals surface area contributed by atoms with E-state index in [-0.39, 0.29) is 22.9 Å². The Hall–Kier alpha value is -3.84. The van der Waals surface area contributed by atoms with Crippen molar-refractivity contribution in [2.45, 2.75) is 65.6 Å². The van der Waals surface area contributed by atoms with Crippen molar-refractivity contribution in [3.8, 4) is 5.75 Å². The van der Waals surface area contributed by atoms with E-state index in [1.807, 2.05) is 42.5 Å². The van der Waals surface area contributed by atoms with Crippen molar-refractivity contribution in [3.05, 3.63) is 116 Å². The van der Waals surface area contributed by atoms with Crippen LogP contribution in [0.5, 0.6) is 5.75 Å². The molecule has 3 aromatic carbocycles. The lowest BCUT2D eigenvalue weighted by atomic mass is 10.0. The van der Waals surface area contributed by atoms with Crippen molar-refractivity contribution < 1.29 is 14.6 Å². The lowest BCUT2D eigenvalue weighted by Crippen LogP contribution is -2.26. The molecule has 0 unspecified atom stereocenters. The number of carbonyl (C=O) groups is 1. The van der Waals surface area contributed by atoms with Gasteiger partial charge < -0.3 is 9.84 Å². The highest BCUT2D eigenvalue weighted by molar-refractivity contribution is 6.34. The molecule has 7 nitrogen and oxygen atoms in total. The molecule has 0 saturated carbocycles. The fourth-order valence-corrected chi connectivity index (χ4v) is 4.82. The van der Waals surface area contributed by atoms with Gasteiger partial charge in [0.05, 0.1) is 23.7 Å². The first-order chi connectivity index (χ1) is 18.9. The summed E-state index contributed by atoms with van der Waals surface area (Å²) in [5.41, 5.74) is 3.61. The third-order valence-electron chi connectivity index (χ3n) is 6.61. The standard InChI is InChI=1S/C31H34ClN3O4/c1-3-5-15-28-33-35(20-22-11-7-6-8-12-22)31(38)34(28)19-23-16-17-27(24(18-23)10-4-2)39-21-25-13-9-14-26(29(25)32)30(36)37/h6-9,11-14,16-18H,3-5,10,15,19-21H2,1-2H3,(H,36,37). The summed E-state index contributed by atoms with van der Waals surface area (Å²) in [6.07, 6.45) is 4.45. The Kier molecular flexibility index (Phi) is 9.60. The van der Waals surface area contributed by atoms with E-state index in [2.05, 4.69) is 19.9 Å². The fourth-order valence-electron chi connectivity index (χ4n) is 4.56. The fraction of sp³-hybridized carbons (Fsp3) is 0.323. The van der Waals surface area contributed by atoms with E-state index >= 15 is 0 Å². The number of hydrogen-bond acceptors (Lipinski definition) is 4. The van der Waals surface area contributed by atoms with Gasteiger partial charge in [-0.15, -0.1) is 0 Å². The molecule has 0 aliphatic carbocycles. The molecule has 1 aromatic heterocycles. The summed E-state index contributed by atoms with van der Waals surface area (Å²) >= 11 is 6.30. The molecule has 1 heterocycles. The molecule has 0 fully saturated rings. The first kappa shape index (κ1) is 28.2.